The normalized spacial score (nSPS) is 14.5. The molecule has 0 saturated heterocycles. The quantitative estimate of drug-likeness (QED) is 0.860. The predicted octanol–water partition coefficient (Wildman–Crippen LogP) is 1.83. The maximum absolute atomic E-state index is 11.2. The molecule has 2 rings (SSSR count). The summed E-state index contributed by atoms with van der Waals surface area (Å²) in [6.45, 7) is 0. The van der Waals surface area contributed by atoms with Crippen LogP contribution in [0.1, 0.15) is 5.56 Å². The number of benzene rings is 1. The molecular weight excluding hydrogens is 226 g/mol. The van der Waals surface area contributed by atoms with Crippen molar-refractivity contribution >= 4 is 23.7 Å². The first-order valence-corrected chi connectivity index (χ1v) is 4.68. The number of imide groups is 1. The van der Waals surface area contributed by atoms with Crippen LogP contribution in [-0.2, 0) is 11.2 Å². The number of nitrogens with zero attached hydrogens (tertiary/aromatic N) is 3. The van der Waals surface area contributed by atoms with E-state index in [0.29, 0.717) is 11.3 Å². The summed E-state index contributed by atoms with van der Waals surface area (Å²) >= 11 is 0. The maximum atomic E-state index is 11.2. The minimum atomic E-state index is -0.948. The van der Waals surface area contributed by atoms with Gasteiger partial charge in [0, 0.05) is 0 Å². The Hall–Kier alpha value is -2.57. The highest BCUT2D eigenvalue weighted by Gasteiger charge is 2.28. The second-order valence-corrected chi connectivity index (χ2v) is 3.34. The average molecular weight is 233 g/mol. The second-order valence-electron chi connectivity index (χ2n) is 3.34. The third-order valence-electron chi connectivity index (χ3n) is 2.15. The van der Waals surface area contributed by atoms with Crippen LogP contribution in [0.4, 0.5) is 15.3 Å². The van der Waals surface area contributed by atoms with E-state index in [1.54, 1.807) is 0 Å². The molecule has 7 nitrogen and oxygen atoms in total. The first-order valence-electron chi connectivity index (χ1n) is 4.68. The molecule has 0 bridgehead atoms. The lowest BCUT2D eigenvalue weighted by Gasteiger charge is -2.10. The fourth-order valence-corrected chi connectivity index (χ4v) is 1.42. The van der Waals surface area contributed by atoms with Crippen LogP contribution in [0, 0.1) is 0 Å². The van der Waals surface area contributed by atoms with E-state index in [1.807, 2.05) is 0 Å². The molecule has 0 aromatic heterocycles. The number of hydrogen-bond donors (Lipinski definition) is 1. The second kappa shape index (κ2) is 4.12. The van der Waals surface area contributed by atoms with Crippen molar-refractivity contribution in [2.24, 2.45) is 10.2 Å². The minimum Gasteiger partial charge on any atom is -0.481 e. The summed E-state index contributed by atoms with van der Waals surface area (Å²) in [5.41, 5.74) is 0.897. The average Bonchev–Trinajstić information content (AvgIpc) is 2.59. The van der Waals surface area contributed by atoms with E-state index in [2.05, 4.69) is 10.2 Å². The van der Waals surface area contributed by atoms with Gasteiger partial charge in [-0.15, -0.1) is 0 Å². The number of carboxylic acids is 1. The molecule has 1 aromatic carbocycles. The highest BCUT2D eigenvalue weighted by Crippen LogP contribution is 2.21. The number of carbonyl (C=O) groups excluding carboxylic acids is 2. The van der Waals surface area contributed by atoms with Crippen LogP contribution < -0.4 is 4.90 Å². The Bertz CT molecular complexity index is 503. The van der Waals surface area contributed by atoms with Gasteiger partial charge in [0.2, 0.25) is 0 Å². The summed E-state index contributed by atoms with van der Waals surface area (Å²) in [6, 6.07) is 4.52. The van der Waals surface area contributed by atoms with Gasteiger partial charge in [-0.1, -0.05) is 22.4 Å². The van der Waals surface area contributed by atoms with Crippen LogP contribution in [-0.4, -0.2) is 23.1 Å². The molecule has 0 unspecified atom stereocenters. The van der Waals surface area contributed by atoms with Gasteiger partial charge in [-0.2, -0.15) is 0 Å². The standard InChI is InChI=1S/C10H7N3O4/c14-8(15)5-6-1-3-7(4-2-6)13-9(16)11-12-10(13)17/h1-4H,5H2,(H,14,15). The molecule has 1 aliphatic heterocycles. The molecule has 17 heavy (non-hydrogen) atoms. The van der Waals surface area contributed by atoms with Crippen molar-refractivity contribution in [2.45, 2.75) is 6.42 Å². The first-order chi connectivity index (χ1) is 8.08. The molecule has 0 atom stereocenters. The van der Waals surface area contributed by atoms with Gasteiger partial charge in [-0.3, -0.25) is 4.79 Å². The van der Waals surface area contributed by atoms with Crippen LogP contribution in [0.15, 0.2) is 34.5 Å². The molecule has 0 saturated carbocycles. The van der Waals surface area contributed by atoms with Gasteiger partial charge in [0.25, 0.3) is 0 Å². The van der Waals surface area contributed by atoms with Gasteiger partial charge in [0.05, 0.1) is 12.1 Å². The van der Waals surface area contributed by atoms with Crippen LogP contribution >= 0.6 is 0 Å². The zero-order valence-electron chi connectivity index (χ0n) is 8.53. The number of hydrogen-bond acceptors (Lipinski definition) is 3. The monoisotopic (exact) mass is 233 g/mol. The summed E-state index contributed by atoms with van der Waals surface area (Å²) < 4.78 is 0. The van der Waals surface area contributed by atoms with Crippen LogP contribution in [0.5, 0.6) is 0 Å². The lowest BCUT2D eigenvalue weighted by Crippen LogP contribution is -2.27. The summed E-state index contributed by atoms with van der Waals surface area (Å²) in [5.74, 6) is -0.948. The first kappa shape index (κ1) is 10.9. The summed E-state index contributed by atoms with van der Waals surface area (Å²) in [5, 5.41) is 14.8. The molecule has 86 valence electrons. The third kappa shape index (κ3) is 2.17. The number of urea groups is 2. The lowest BCUT2D eigenvalue weighted by atomic mass is 10.1. The zero-order chi connectivity index (χ0) is 12.4. The molecule has 1 heterocycles. The Balaban J connectivity index is 2.21. The van der Waals surface area contributed by atoms with E-state index in [4.69, 9.17) is 5.11 Å². The van der Waals surface area contributed by atoms with Gasteiger partial charge in [-0.05, 0) is 17.7 Å². The fourth-order valence-electron chi connectivity index (χ4n) is 1.42. The molecule has 1 N–H and O–H groups in total. The molecule has 0 fully saturated rings. The number of carboxylic acid groups (broad SMARTS) is 1. The number of aliphatic carboxylic acids is 1. The van der Waals surface area contributed by atoms with Crippen molar-refractivity contribution in [3.05, 3.63) is 29.8 Å². The molecule has 7 heteroatoms. The van der Waals surface area contributed by atoms with Crippen molar-refractivity contribution in [1.29, 1.82) is 0 Å². The van der Waals surface area contributed by atoms with Crippen molar-refractivity contribution < 1.29 is 19.5 Å². The molecule has 1 aromatic rings. The summed E-state index contributed by atoms with van der Waals surface area (Å²) in [7, 11) is 0. The van der Waals surface area contributed by atoms with Crippen molar-refractivity contribution in [3.8, 4) is 0 Å². The van der Waals surface area contributed by atoms with E-state index < -0.39 is 18.0 Å². The van der Waals surface area contributed by atoms with Gasteiger partial charge in [0.1, 0.15) is 0 Å². The highest BCUT2D eigenvalue weighted by atomic mass is 16.4. The van der Waals surface area contributed by atoms with Crippen molar-refractivity contribution in [3.63, 3.8) is 0 Å². The number of carbonyl (C=O) groups is 3. The number of rotatable bonds is 3. The van der Waals surface area contributed by atoms with Crippen molar-refractivity contribution in [1.82, 2.24) is 0 Å². The Morgan fingerprint density at radius 1 is 1.12 bits per heavy atom. The van der Waals surface area contributed by atoms with Gasteiger partial charge in [-0.25, -0.2) is 14.5 Å². The third-order valence-corrected chi connectivity index (χ3v) is 2.15. The minimum absolute atomic E-state index is 0.114. The summed E-state index contributed by atoms with van der Waals surface area (Å²) in [4.78, 5) is 33.7. The molecule has 1 aliphatic rings. The van der Waals surface area contributed by atoms with E-state index in [9.17, 15) is 14.4 Å². The van der Waals surface area contributed by atoms with E-state index in [-0.39, 0.29) is 6.42 Å². The van der Waals surface area contributed by atoms with Crippen molar-refractivity contribution in [2.75, 3.05) is 4.90 Å². The van der Waals surface area contributed by atoms with Crippen LogP contribution in [0.2, 0.25) is 0 Å². The number of amides is 4. The molecule has 4 amide bonds. The topological polar surface area (TPSA) is 99.4 Å². The summed E-state index contributed by atoms with van der Waals surface area (Å²) in [6.07, 6.45) is -0.114. The lowest BCUT2D eigenvalue weighted by molar-refractivity contribution is -0.136. The molecule has 0 aliphatic carbocycles. The SMILES string of the molecule is O=C(O)Cc1ccc(N2C(=O)N=NC2=O)cc1. The van der Waals surface area contributed by atoms with Gasteiger partial charge < -0.3 is 5.11 Å². The maximum Gasteiger partial charge on any atom is 0.375 e. The molecule has 0 radical (unpaired) electrons. The van der Waals surface area contributed by atoms with Crippen LogP contribution in [0.3, 0.4) is 0 Å². The van der Waals surface area contributed by atoms with Gasteiger partial charge in [0.15, 0.2) is 0 Å². The molecule has 0 spiro atoms. The molecular formula is C10H7N3O4. The Morgan fingerprint density at radius 2 is 1.65 bits per heavy atom. The predicted molar refractivity (Wildman–Crippen MR) is 55.9 cm³/mol. The van der Waals surface area contributed by atoms with E-state index >= 15 is 0 Å². The highest BCUT2D eigenvalue weighted by molar-refractivity contribution is 6.17. The fraction of sp³-hybridized carbons (Fsp3) is 0.100. The Morgan fingerprint density at radius 3 is 2.12 bits per heavy atom. The number of azo groups is 1. The van der Waals surface area contributed by atoms with E-state index in [1.165, 1.54) is 24.3 Å². The van der Waals surface area contributed by atoms with E-state index in [0.717, 1.165) is 4.90 Å². The Kier molecular flexibility index (Phi) is 2.65. The van der Waals surface area contributed by atoms with Crippen LogP contribution in [0.25, 0.3) is 0 Å². The zero-order valence-corrected chi connectivity index (χ0v) is 8.53. The number of anilines is 1. The largest absolute Gasteiger partial charge is 0.481 e. The Labute approximate surface area is 95.4 Å². The van der Waals surface area contributed by atoms with Gasteiger partial charge >= 0.3 is 18.0 Å². The smallest absolute Gasteiger partial charge is 0.375 e.